The molecule has 2 atom stereocenters. The van der Waals surface area contributed by atoms with E-state index in [9.17, 15) is 0 Å². The summed E-state index contributed by atoms with van der Waals surface area (Å²) in [5.41, 5.74) is 2.92. The van der Waals surface area contributed by atoms with Gasteiger partial charge in [0.25, 0.3) is 0 Å². The van der Waals surface area contributed by atoms with Gasteiger partial charge in [-0.15, -0.1) is 0 Å². The molecule has 2 fully saturated rings. The van der Waals surface area contributed by atoms with Crippen LogP contribution in [0.1, 0.15) is 36.9 Å². The second-order valence-electron chi connectivity index (χ2n) is 7.12. The van der Waals surface area contributed by atoms with Gasteiger partial charge in [-0.25, -0.2) is 4.98 Å². The Kier molecular flexibility index (Phi) is 4.00. The minimum atomic E-state index is 0.456. The molecule has 2 saturated heterocycles. The lowest BCUT2D eigenvalue weighted by Gasteiger charge is -2.35. The Morgan fingerprint density at radius 2 is 2.00 bits per heavy atom. The largest absolute Gasteiger partial charge is 0.372 e. The van der Waals surface area contributed by atoms with Gasteiger partial charge in [0.15, 0.2) is 5.65 Å². The zero-order chi connectivity index (χ0) is 16.7. The van der Waals surface area contributed by atoms with Crippen LogP contribution >= 0.6 is 0 Å². The van der Waals surface area contributed by atoms with Crippen LogP contribution in [-0.2, 0) is 0 Å². The summed E-state index contributed by atoms with van der Waals surface area (Å²) in [5.74, 6) is 1.55. The van der Waals surface area contributed by atoms with E-state index in [0.717, 1.165) is 40.6 Å². The van der Waals surface area contributed by atoms with E-state index in [-0.39, 0.29) is 0 Å². The van der Waals surface area contributed by atoms with Crippen LogP contribution in [0.5, 0.6) is 0 Å². The van der Waals surface area contributed by atoms with Gasteiger partial charge >= 0.3 is 0 Å². The van der Waals surface area contributed by atoms with Crippen molar-refractivity contribution in [2.45, 2.75) is 51.6 Å². The molecular weight excluding hydrogens is 300 g/mol. The smallest absolute Gasteiger partial charge is 0.226 e. The predicted octanol–water partition coefficient (Wildman–Crippen LogP) is 2.72. The highest BCUT2D eigenvalue weighted by atomic mass is 15.2. The molecule has 0 amide bonds. The molecule has 2 N–H and O–H groups in total. The SMILES string of the molecule is CNc1nc(N[C@@H]2CCN3CCC[C@@H]3C2)nc2nc(C)cc(C)c12. The molecule has 6 heteroatoms. The summed E-state index contributed by atoms with van der Waals surface area (Å²) in [6.07, 6.45) is 5.03. The first-order chi connectivity index (χ1) is 11.6. The third-order valence-electron chi connectivity index (χ3n) is 5.38. The molecule has 4 rings (SSSR count). The highest BCUT2D eigenvalue weighted by Gasteiger charge is 2.32. The second kappa shape index (κ2) is 6.16. The van der Waals surface area contributed by atoms with Crippen LogP contribution in [0.4, 0.5) is 11.8 Å². The van der Waals surface area contributed by atoms with E-state index in [0.29, 0.717) is 12.0 Å². The first-order valence-electron chi connectivity index (χ1n) is 8.98. The number of hydrogen-bond acceptors (Lipinski definition) is 6. The van der Waals surface area contributed by atoms with E-state index in [2.05, 4.69) is 33.5 Å². The average Bonchev–Trinajstić information content (AvgIpc) is 3.01. The van der Waals surface area contributed by atoms with Crippen molar-refractivity contribution in [1.82, 2.24) is 19.9 Å². The van der Waals surface area contributed by atoms with Crippen molar-refractivity contribution in [1.29, 1.82) is 0 Å². The molecule has 0 unspecified atom stereocenters. The van der Waals surface area contributed by atoms with Crippen molar-refractivity contribution in [3.63, 3.8) is 0 Å². The molecule has 6 nitrogen and oxygen atoms in total. The summed E-state index contributed by atoms with van der Waals surface area (Å²) < 4.78 is 0. The number of piperidine rings is 1. The zero-order valence-corrected chi connectivity index (χ0v) is 14.8. The van der Waals surface area contributed by atoms with E-state index in [4.69, 9.17) is 9.97 Å². The van der Waals surface area contributed by atoms with Crippen LogP contribution in [0.2, 0.25) is 0 Å². The lowest BCUT2D eigenvalue weighted by molar-refractivity contribution is 0.188. The number of aromatic nitrogens is 3. The average molecular weight is 326 g/mol. The van der Waals surface area contributed by atoms with Crippen molar-refractivity contribution in [3.8, 4) is 0 Å². The van der Waals surface area contributed by atoms with Gasteiger partial charge in [-0.1, -0.05) is 0 Å². The number of hydrogen-bond donors (Lipinski definition) is 2. The minimum Gasteiger partial charge on any atom is -0.372 e. The molecule has 0 spiro atoms. The van der Waals surface area contributed by atoms with Crippen LogP contribution in [0.25, 0.3) is 11.0 Å². The van der Waals surface area contributed by atoms with Crippen LogP contribution in [0, 0.1) is 13.8 Å². The van der Waals surface area contributed by atoms with Gasteiger partial charge < -0.3 is 15.5 Å². The Labute approximate surface area is 143 Å². The topological polar surface area (TPSA) is 66.0 Å². The van der Waals surface area contributed by atoms with Crippen molar-refractivity contribution in [2.24, 2.45) is 0 Å². The van der Waals surface area contributed by atoms with Gasteiger partial charge in [-0.2, -0.15) is 9.97 Å². The molecule has 2 aliphatic heterocycles. The Balaban J connectivity index is 1.62. The van der Waals surface area contributed by atoms with Crippen molar-refractivity contribution in [3.05, 3.63) is 17.3 Å². The molecule has 0 saturated carbocycles. The quantitative estimate of drug-likeness (QED) is 0.904. The fraction of sp³-hybridized carbons (Fsp3) is 0.611. The molecule has 0 bridgehead atoms. The summed E-state index contributed by atoms with van der Waals surface area (Å²) in [5, 5.41) is 7.79. The van der Waals surface area contributed by atoms with E-state index < -0.39 is 0 Å². The highest BCUT2D eigenvalue weighted by Crippen LogP contribution is 2.29. The van der Waals surface area contributed by atoms with Crippen LogP contribution < -0.4 is 10.6 Å². The molecule has 0 radical (unpaired) electrons. The summed E-state index contributed by atoms with van der Waals surface area (Å²) in [6, 6.07) is 3.27. The van der Waals surface area contributed by atoms with Crippen molar-refractivity contribution >= 4 is 22.8 Å². The monoisotopic (exact) mass is 326 g/mol. The standard InChI is InChI=1S/C18H26N6/c1-11-9-12(2)20-17-15(11)16(19-3)22-18(23-17)21-13-6-8-24-7-4-5-14(24)10-13/h9,13-14H,4-8,10H2,1-3H3,(H2,19,20,21,22,23)/t13-,14-/m1/s1. The number of anilines is 2. The van der Waals surface area contributed by atoms with Crippen LogP contribution in [0.15, 0.2) is 6.07 Å². The minimum absolute atomic E-state index is 0.456. The van der Waals surface area contributed by atoms with Gasteiger partial charge in [-0.3, -0.25) is 0 Å². The summed E-state index contributed by atoms with van der Waals surface area (Å²) in [6.45, 7) is 6.56. The Bertz CT molecular complexity index is 759. The normalized spacial score (nSPS) is 24.1. The van der Waals surface area contributed by atoms with Crippen molar-refractivity contribution in [2.75, 3.05) is 30.8 Å². The van der Waals surface area contributed by atoms with Crippen LogP contribution in [-0.4, -0.2) is 52.1 Å². The Morgan fingerprint density at radius 1 is 1.12 bits per heavy atom. The number of rotatable bonds is 3. The third-order valence-corrected chi connectivity index (χ3v) is 5.38. The number of pyridine rings is 1. The van der Waals surface area contributed by atoms with Gasteiger partial charge in [-0.05, 0) is 57.7 Å². The first kappa shape index (κ1) is 15.6. The predicted molar refractivity (Wildman–Crippen MR) is 97.6 cm³/mol. The Morgan fingerprint density at radius 3 is 2.83 bits per heavy atom. The molecular formula is C18H26N6. The van der Waals surface area contributed by atoms with E-state index in [1.807, 2.05) is 14.0 Å². The van der Waals surface area contributed by atoms with Crippen molar-refractivity contribution < 1.29 is 0 Å². The Hall–Kier alpha value is -1.95. The van der Waals surface area contributed by atoms with Gasteiger partial charge in [0, 0.05) is 31.4 Å². The molecule has 0 aliphatic carbocycles. The first-order valence-corrected chi connectivity index (χ1v) is 8.98. The van der Waals surface area contributed by atoms with Gasteiger partial charge in [0.1, 0.15) is 5.82 Å². The number of nitrogens with zero attached hydrogens (tertiary/aromatic N) is 4. The van der Waals surface area contributed by atoms with Gasteiger partial charge in [0.2, 0.25) is 5.95 Å². The lowest BCUT2D eigenvalue weighted by Crippen LogP contribution is -2.43. The summed E-state index contributed by atoms with van der Waals surface area (Å²) in [4.78, 5) is 16.6. The van der Waals surface area contributed by atoms with E-state index in [1.54, 1.807) is 0 Å². The fourth-order valence-electron chi connectivity index (χ4n) is 4.26. The highest BCUT2D eigenvalue weighted by molar-refractivity contribution is 5.90. The number of aryl methyl sites for hydroxylation is 2. The maximum atomic E-state index is 4.70. The fourth-order valence-corrected chi connectivity index (χ4v) is 4.26. The van der Waals surface area contributed by atoms with E-state index in [1.165, 1.54) is 32.4 Å². The molecule has 2 aromatic heterocycles. The molecule has 4 heterocycles. The summed E-state index contributed by atoms with van der Waals surface area (Å²) >= 11 is 0. The lowest BCUT2D eigenvalue weighted by atomic mass is 9.98. The number of fused-ring (bicyclic) bond motifs is 2. The molecule has 128 valence electrons. The summed E-state index contributed by atoms with van der Waals surface area (Å²) in [7, 11) is 1.90. The maximum absolute atomic E-state index is 4.70. The second-order valence-corrected chi connectivity index (χ2v) is 7.12. The van der Waals surface area contributed by atoms with Gasteiger partial charge in [0.05, 0.1) is 5.39 Å². The molecule has 2 aromatic rings. The maximum Gasteiger partial charge on any atom is 0.226 e. The van der Waals surface area contributed by atoms with Crippen LogP contribution in [0.3, 0.4) is 0 Å². The molecule has 2 aliphatic rings. The number of nitrogens with one attached hydrogen (secondary N) is 2. The third kappa shape index (κ3) is 2.79. The zero-order valence-electron chi connectivity index (χ0n) is 14.8. The molecule has 0 aromatic carbocycles. The molecule has 24 heavy (non-hydrogen) atoms. The van der Waals surface area contributed by atoms with E-state index >= 15 is 0 Å².